The molecule has 3 N–H and O–H groups in total. The first-order valence-electron chi connectivity index (χ1n) is 9.49. The van der Waals surface area contributed by atoms with Crippen LogP contribution in [0.3, 0.4) is 0 Å². The molecule has 1 aromatic carbocycles. The molecule has 0 saturated carbocycles. The number of benzene rings is 1. The summed E-state index contributed by atoms with van der Waals surface area (Å²) in [5.41, 5.74) is 0.263. The number of amides is 1. The van der Waals surface area contributed by atoms with Gasteiger partial charge in [0.25, 0.3) is 5.91 Å². The number of rotatable bonds is 5. The van der Waals surface area contributed by atoms with Gasteiger partial charge in [0.1, 0.15) is 11.5 Å². The predicted octanol–water partition coefficient (Wildman–Crippen LogP) is 1.82. The number of aliphatic hydroxyl groups is 1. The number of sulfonamides is 1. The topological polar surface area (TPSA) is 133 Å². The normalized spacial score (nSPS) is 20.5. The fourth-order valence-electron chi connectivity index (χ4n) is 3.38. The van der Waals surface area contributed by atoms with E-state index in [0.717, 1.165) is 5.56 Å². The Morgan fingerprint density at radius 1 is 1.55 bits per heavy atom. The third-order valence-electron chi connectivity index (χ3n) is 5.23. The highest BCUT2D eigenvalue weighted by Gasteiger charge is 2.43. The van der Waals surface area contributed by atoms with E-state index in [1.807, 2.05) is 0 Å². The summed E-state index contributed by atoms with van der Waals surface area (Å²) in [5, 5.41) is 22.3. The summed E-state index contributed by atoms with van der Waals surface area (Å²) < 4.78 is 35.6. The summed E-state index contributed by atoms with van der Waals surface area (Å²) in [6, 6.07) is 6.95. The summed E-state index contributed by atoms with van der Waals surface area (Å²) in [7, 11) is -2.56. The lowest BCUT2D eigenvalue weighted by molar-refractivity contribution is 0.0542. The molecule has 0 saturated heterocycles. The van der Waals surface area contributed by atoms with E-state index >= 15 is 0 Å². The van der Waals surface area contributed by atoms with Crippen LogP contribution in [0.4, 0.5) is 5.69 Å². The quantitative estimate of drug-likeness (QED) is 0.603. The highest BCUT2D eigenvalue weighted by molar-refractivity contribution is 7.89. The molecule has 10 heteroatoms. The van der Waals surface area contributed by atoms with Gasteiger partial charge < -0.3 is 19.7 Å². The van der Waals surface area contributed by atoms with Crippen molar-refractivity contribution in [3.63, 3.8) is 0 Å². The van der Waals surface area contributed by atoms with Gasteiger partial charge >= 0.3 is 0 Å². The minimum absolute atomic E-state index is 0.00178. The molecule has 1 aromatic heterocycles. The van der Waals surface area contributed by atoms with Gasteiger partial charge in [0, 0.05) is 18.9 Å². The van der Waals surface area contributed by atoms with E-state index in [9.17, 15) is 23.6 Å². The van der Waals surface area contributed by atoms with Gasteiger partial charge in [-0.25, -0.2) is 8.42 Å². The molecule has 31 heavy (non-hydrogen) atoms. The molecular weight excluding hydrogens is 420 g/mol. The zero-order valence-electron chi connectivity index (χ0n) is 17.5. The number of carbonyl (C=O) groups excluding carboxylic acids is 1. The number of nitrogens with one attached hydrogen (secondary N) is 2. The number of aliphatic hydroxyl groups excluding tert-OH is 1. The summed E-state index contributed by atoms with van der Waals surface area (Å²) in [5.74, 6) is -0.698. The minimum atomic E-state index is -4.09. The fraction of sp³-hybridized carbons (Fsp3) is 0.333. The molecule has 1 aliphatic rings. The van der Waals surface area contributed by atoms with Crippen molar-refractivity contribution in [1.82, 2.24) is 9.29 Å². The molecule has 164 valence electrons. The van der Waals surface area contributed by atoms with Crippen molar-refractivity contribution in [1.29, 1.82) is 5.26 Å². The lowest BCUT2D eigenvalue weighted by Gasteiger charge is -2.32. The van der Waals surface area contributed by atoms with Crippen molar-refractivity contribution < 1.29 is 23.1 Å². The first-order chi connectivity index (χ1) is 14.5. The van der Waals surface area contributed by atoms with E-state index in [-0.39, 0.29) is 29.4 Å². The second-order valence-electron chi connectivity index (χ2n) is 7.73. The van der Waals surface area contributed by atoms with Crippen molar-refractivity contribution in [2.75, 3.05) is 11.9 Å². The lowest BCUT2D eigenvalue weighted by atomic mass is 9.94. The van der Waals surface area contributed by atoms with E-state index in [0.29, 0.717) is 11.3 Å². The van der Waals surface area contributed by atoms with Crippen molar-refractivity contribution in [2.24, 2.45) is 7.05 Å². The molecule has 0 fully saturated rings. The molecule has 3 rings (SSSR count). The molecule has 0 aliphatic carbocycles. The predicted molar refractivity (Wildman–Crippen MR) is 114 cm³/mol. The summed E-state index contributed by atoms with van der Waals surface area (Å²) in [6.45, 7) is 6.69. The number of carbonyl (C=O) groups is 1. The van der Waals surface area contributed by atoms with Crippen LogP contribution in [-0.4, -0.2) is 42.2 Å². The molecule has 9 nitrogen and oxygen atoms in total. The van der Waals surface area contributed by atoms with Crippen LogP contribution in [0.1, 0.15) is 35.0 Å². The monoisotopic (exact) mass is 444 g/mol. The highest BCUT2D eigenvalue weighted by Crippen LogP contribution is 2.35. The van der Waals surface area contributed by atoms with Crippen LogP contribution >= 0.6 is 0 Å². The lowest BCUT2D eigenvalue weighted by Crippen LogP contribution is -2.56. The Morgan fingerprint density at radius 2 is 2.26 bits per heavy atom. The molecule has 1 aliphatic heterocycles. The van der Waals surface area contributed by atoms with Crippen LogP contribution in [0.15, 0.2) is 41.9 Å². The summed E-state index contributed by atoms with van der Waals surface area (Å²) in [4.78, 5) is 12.8. The Kier molecular flexibility index (Phi) is 5.96. The first kappa shape index (κ1) is 22.6. The summed E-state index contributed by atoms with van der Waals surface area (Å²) in [6.07, 6.45) is 1.85. The van der Waals surface area contributed by atoms with Crippen LogP contribution in [0, 0.1) is 18.3 Å². The van der Waals surface area contributed by atoms with Crippen LogP contribution in [0.2, 0.25) is 0 Å². The number of hydrogen-bond acceptors (Lipinski definition) is 6. The number of nitrogens with zero attached hydrogens (tertiary/aromatic N) is 2. The Bertz CT molecular complexity index is 1200. The molecule has 0 spiro atoms. The summed E-state index contributed by atoms with van der Waals surface area (Å²) >= 11 is 0. The minimum Gasteiger partial charge on any atom is -0.488 e. The number of hydrogen-bond donors (Lipinski definition) is 3. The fourth-order valence-corrected chi connectivity index (χ4v) is 4.99. The standard InChI is InChI=1S/C21H24N4O5S/c1-5-6-17(26)21(3)12-30-19-16(31(28,29)24-21)11-25(4)18(19)20(27)23-15-8-7-13(2)14(9-15)10-22/h5,7-9,11,17,24,26H,1,6,12H2,2-4H3,(H,23,27)/t17-,21-/m1/s1. The molecule has 0 radical (unpaired) electrons. The number of aromatic nitrogens is 1. The highest BCUT2D eigenvalue weighted by atomic mass is 32.2. The Morgan fingerprint density at radius 3 is 2.90 bits per heavy atom. The van der Waals surface area contributed by atoms with Gasteiger partial charge in [-0.3, -0.25) is 4.79 Å². The van der Waals surface area contributed by atoms with E-state index in [4.69, 9.17) is 4.74 Å². The van der Waals surface area contributed by atoms with Crippen LogP contribution in [0.5, 0.6) is 5.75 Å². The largest absolute Gasteiger partial charge is 0.488 e. The average molecular weight is 445 g/mol. The second-order valence-corrected chi connectivity index (χ2v) is 9.38. The molecule has 0 unspecified atom stereocenters. The zero-order chi connectivity index (χ0) is 23.0. The van der Waals surface area contributed by atoms with E-state index < -0.39 is 27.6 Å². The van der Waals surface area contributed by atoms with E-state index in [1.165, 1.54) is 36.9 Å². The van der Waals surface area contributed by atoms with Gasteiger partial charge in [0.05, 0.1) is 23.3 Å². The maximum Gasteiger partial charge on any atom is 0.276 e. The molecule has 1 amide bonds. The smallest absolute Gasteiger partial charge is 0.276 e. The first-order valence-corrected chi connectivity index (χ1v) is 11.0. The van der Waals surface area contributed by atoms with Crippen LogP contribution in [0.25, 0.3) is 0 Å². The van der Waals surface area contributed by atoms with Crippen molar-refractivity contribution in [3.8, 4) is 11.8 Å². The van der Waals surface area contributed by atoms with Crippen LogP contribution in [-0.2, 0) is 17.1 Å². The second kappa shape index (κ2) is 8.19. The average Bonchev–Trinajstić information content (AvgIpc) is 3.00. The molecule has 2 aromatic rings. The van der Waals surface area contributed by atoms with Gasteiger partial charge in [-0.1, -0.05) is 12.1 Å². The Labute approximate surface area is 181 Å². The van der Waals surface area contributed by atoms with Gasteiger partial charge in [0.2, 0.25) is 10.0 Å². The third kappa shape index (κ3) is 4.20. The Hall–Kier alpha value is -3.13. The Balaban J connectivity index is 1.98. The maximum absolute atomic E-state index is 13.0. The van der Waals surface area contributed by atoms with Gasteiger partial charge in [0.15, 0.2) is 11.4 Å². The SMILES string of the molecule is C=CC[C@@H](O)[C@@]1(C)COc2c(cn(C)c2C(=O)Nc2ccc(C)c(C#N)c2)S(=O)(=O)N1. The number of fused-ring (bicyclic) bond motifs is 1. The molecule has 2 heterocycles. The number of aryl methyl sites for hydroxylation is 2. The van der Waals surface area contributed by atoms with Crippen molar-refractivity contribution in [2.45, 2.75) is 36.8 Å². The number of ether oxygens (including phenoxy) is 1. The van der Waals surface area contributed by atoms with Crippen molar-refractivity contribution >= 4 is 21.6 Å². The van der Waals surface area contributed by atoms with Gasteiger partial charge in [-0.05, 0) is 38.0 Å². The maximum atomic E-state index is 13.0. The van der Waals surface area contributed by atoms with Gasteiger partial charge in [-0.15, -0.1) is 6.58 Å². The zero-order valence-corrected chi connectivity index (χ0v) is 18.3. The van der Waals surface area contributed by atoms with Crippen LogP contribution < -0.4 is 14.8 Å². The number of nitriles is 1. The third-order valence-corrected chi connectivity index (χ3v) is 6.84. The van der Waals surface area contributed by atoms with E-state index in [2.05, 4.69) is 22.7 Å². The van der Waals surface area contributed by atoms with E-state index in [1.54, 1.807) is 19.1 Å². The van der Waals surface area contributed by atoms with Gasteiger partial charge in [-0.2, -0.15) is 9.98 Å². The molecule has 2 atom stereocenters. The van der Waals surface area contributed by atoms with Crippen molar-refractivity contribution in [3.05, 3.63) is 53.9 Å². The molecule has 0 bridgehead atoms. The number of anilines is 1. The molecular formula is C21H24N4O5S.